The molecule has 2 aromatic rings. The van der Waals surface area contributed by atoms with Gasteiger partial charge in [0.05, 0.1) is 0 Å². The smallest absolute Gasteiger partial charge is 0.348 e. The largest absolute Gasteiger partial charge is 0.451 e. The van der Waals surface area contributed by atoms with Crippen LogP contribution in [-0.2, 0) is 9.53 Å². The first-order valence-electron chi connectivity index (χ1n) is 7.02. The molecular formula is C16H18N2O4S. The molecule has 0 spiro atoms. The second-order valence-corrected chi connectivity index (χ2v) is 7.06. The quantitative estimate of drug-likeness (QED) is 0.845. The Morgan fingerprint density at radius 1 is 1.17 bits per heavy atom. The van der Waals surface area contributed by atoms with Crippen LogP contribution in [0.5, 0.6) is 0 Å². The fourth-order valence-corrected chi connectivity index (χ4v) is 2.78. The van der Waals surface area contributed by atoms with Crippen molar-refractivity contribution in [1.82, 2.24) is 10.6 Å². The Labute approximate surface area is 137 Å². The first-order chi connectivity index (χ1) is 10.7. The Morgan fingerprint density at radius 2 is 1.87 bits per heavy atom. The number of ether oxygens (including phenoxy) is 1. The minimum atomic E-state index is -0.679. The topological polar surface area (TPSA) is 84.5 Å². The van der Waals surface area contributed by atoms with Gasteiger partial charge in [0.2, 0.25) is 0 Å². The molecule has 2 rings (SSSR count). The van der Waals surface area contributed by atoms with Crippen LogP contribution < -0.4 is 10.6 Å². The van der Waals surface area contributed by atoms with Gasteiger partial charge in [-0.25, -0.2) is 9.59 Å². The standard InChI is InChI=1S/C16H18N2O4S/c1-16(2,3)18-15(21)17-13(19)9-22-14(20)12-8-10-6-4-5-7-11(10)23-12/h4-8H,9H2,1-3H3,(H2,17,18,19,21). The van der Waals surface area contributed by atoms with Crippen LogP contribution in [0.4, 0.5) is 4.79 Å². The van der Waals surface area contributed by atoms with E-state index in [9.17, 15) is 14.4 Å². The van der Waals surface area contributed by atoms with Crippen LogP contribution in [0, 0.1) is 0 Å². The van der Waals surface area contributed by atoms with Crippen molar-refractivity contribution >= 4 is 39.3 Å². The number of carbonyl (C=O) groups is 3. The van der Waals surface area contributed by atoms with Gasteiger partial charge in [-0.3, -0.25) is 10.1 Å². The predicted molar refractivity (Wildman–Crippen MR) is 88.5 cm³/mol. The summed E-state index contributed by atoms with van der Waals surface area (Å²) >= 11 is 1.29. The zero-order chi connectivity index (χ0) is 17.0. The third-order valence-electron chi connectivity index (χ3n) is 2.70. The summed E-state index contributed by atoms with van der Waals surface area (Å²) in [6, 6.07) is 8.65. The van der Waals surface area contributed by atoms with Gasteiger partial charge >= 0.3 is 12.0 Å². The summed E-state index contributed by atoms with van der Waals surface area (Å²) in [5.74, 6) is -1.27. The molecule has 2 N–H and O–H groups in total. The van der Waals surface area contributed by atoms with Crippen LogP contribution in [0.3, 0.4) is 0 Å². The van der Waals surface area contributed by atoms with Crippen molar-refractivity contribution in [3.05, 3.63) is 35.2 Å². The van der Waals surface area contributed by atoms with E-state index in [1.807, 2.05) is 24.3 Å². The van der Waals surface area contributed by atoms with Gasteiger partial charge in [0.15, 0.2) is 6.61 Å². The summed E-state index contributed by atoms with van der Waals surface area (Å²) in [4.78, 5) is 35.5. The maximum atomic E-state index is 11.9. The Hall–Kier alpha value is -2.41. The average molecular weight is 334 g/mol. The van der Waals surface area contributed by atoms with Crippen molar-refractivity contribution in [2.45, 2.75) is 26.3 Å². The SMILES string of the molecule is CC(C)(C)NC(=O)NC(=O)COC(=O)c1cc2ccccc2s1. The molecule has 0 radical (unpaired) electrons. The maximum Gasteiger partial charge on any atom is 0.348 e. The Bertz CT molecular complexity index is 713. The molecule has 6 nitrogen and oxygen atoms in total. The third-order valence-corrected chi connectivity index (χ3v) is 3.80. The highest BCUT2D eigenvalue weighted by atomic mass is 32.1. The molecule has 0 bridgehead atoms. The van der Waals surface area contributed by atoms with Gasteiger partial charge in [-0.05, 0) is 38.3 Å². The van der Waals surface area contributed by atoms with Gasteiger partial charge in [0, 0.05) is 10.2 Å². The fraction of sp³-hybridized carbons (Fsp3) is 0.312. The highest BCUT2D eigenvalue weighted by molar-refractivity contribution is 7.20. The molecule has 3 amide bonds. The van der Waals surface area contributed by atoms with E-state index in [0.29, 0.717) is 4.88 Å². The van der Waals surface area contributed by atoms with Gasteiger partial charge < -0.3 is 10.1 Å². The number of hydrogen-bond acceptors (Lipinski definition) is 5. The monoisotopic (exact) mass is 334 g/mol. The van der Waals surface area contributed by atoms with E-state index in [0.717, 1.165) is 10.1 Å². The van der Waals surface area contributed by atoms with Crippen LogP contribution in [0.1, 0.15) is 30.4 Å². The molecule has 0 saturated carbocycles. The van der Waals surface area contributed by atoms with Gasteiger partial charge in [0.1, 0.15) is 4.88 Å². The molecule has 0 atom stereocenters. The second-order valence-electron chi connectivity index (χ2n) is 5.98. The lowest BCUT2D eigenvalue weighted by molar-refractivity contribution is -0.123. The van der Waals surface area contributed by atoms with Crippen molar-refractivity contribution in [3.8, 4) is 0 Å². The minimum Gasteiger partial charge on any atom is -0.451 e. The molecule has 0 aliphatic heterocycles. The third kappa shape index (κ3) is 5.07. The lowest BCUT2D eigenvalue weighted by Crippen LogP contribution is -2.49. The van der Waals surface area contributed by atoms with Crippen molar-refractivity contribution in [3.63, 3.8) is 0 Å². The first kappa shape index (κ1) is 17.0. The van der Waals surface area contributed by atoms with E-state index >= 15 is 0 Å². The summed E-state index contributed by atoms with van der Waals surface area (Å²) in [6.07, 6.45) is 0. The van der Waals surface area contributed by atoms with Crippen LogP contribution in [0.15, 0.2) is 30.3 Å². The second kappa shape index (κ2) is 6.78. The average Bonchev–Trinajstić information content (AvgIpc) is 2.86. The molecular weight excluding hydrogens is 316 g/mol. The van der Waals surface area contributed by atoms with E-state index in [4.69, 9.17) is 4.74 Å². The molecule has 122 valence electrons. The molecule has 0 aliphatic carbocycles. The number of nitrogens with one attached hydrogen (secondary N) is 2. The summed E-state index contributed by atoms with van der Waals surface area (Å²) in [5.41, 5.74) is -0.460. The molecule has 0 aliphatic rings. The number of imide groups is 1. The number of carbonyl (C=O) groups excluding carboxylic acids is 3. The van der Waals surface area contributed by atoms with E-state index < -0.39 is 30.1 Å². The highest BCUT2D eigenvalue weighted by Gasteiger charge is 2.17. The number of hydrogen-bond donors (Lipinski definition) is 2. The molecule has 0 unspecified atom stereocenters. The number of fused-ring (bicyclic) bond motifs is 1. The molecule has 1 aromatic carbocycles. The van der Waals surface area contributed by atoms with Crippen LogP contribution in [0.25, 0.3) is 10.1 Å². The Morgan fingerprint density at radius 3 is 2.52 bits per heavy atom. The zero-order valence-electron chi connectivity index (χ0n) is 13.1. The van der Waals surface area contributed by atoms with Gasteiger partial charge in [0.25, 0.3) is 5.91 Å². The van der Waals surface area contributed by atoms with E-state index in [1.165, 1.54) is 11.3 Å². The molecule has 1 heterocycles. The minimum absolute atomic E-state index is 0.415. The number of rotatable bonds is 3. The lowest BCUT2D eigenvalue weighted by Gasteiger charge is -2.20. The summed E-state index contributed by atoms with van der Waals surface area (Å²) in [5, 5.41) is 5.63. The summed E-state index contributed by atoms with van der Waals surface area (Å²) in [6.45, 7) is 4.86. The zero-order valence-corrected chi connectivity index (χ0v) is 14.0. The molecule has 7 heteroatoms. The van der Waals surface area contributed by atoms with E-state index in [1.54, 1.807) is 26.8 Å². The normalized spacial score (nSPS) is 11.1. The van der Waals surface area contributed by atoms with Crippen LogP contribution in [-0.4, -0.2) is 30.1 Å². The molecule has 0 fully saturated rings. The van der Waals surface area contributed by atoms with E-state index in [2.05, 4.69) is 10.6 Å². The number of esters is 1. The van der Waals surface area contributed by atoms with Crippen LogP contribution in [0.2, 0.25) is 0 Å². The van der Waals surface area contributed by atoms with Crippen molar-refractivity contribution in [2.75, 3.05) is 6.61 Å². The molecule has 0 saturated heterocycles. The number of urea groups is 1. The summed E-state index contributed by atoms with van der Waals surface area (Å²) < 4.78 is 5.90. The number of amides is 3. The number of benzene rings is 1. The van der Waals surface area contributed by atoms with Gasteiger partial charge in [-0.15, -0.1) is 11.3 Å². The predicted octanol–water partition coefficient (Wildman–Crippen LogP) is 2.68. The molecule has 1 aromatic heterocycles. The highest BCUT2D eigenvalue weighted by Crippen LogP contribution is 2.25. The Balaban J connectivity index is 1.86. The van der Waals surface area contributed by atoms with Crippen LogP contribution >= 0.6 is 11.3 Å². The maximum absolute atomic E-state index is 11.9. The van der Waals surface area contributed by atoms with Crippen molar-refractivity contribution in [1.29, 1.82) is 0 Å². The van der Waals surface area contributed by atoms with Gasteiger partial charge in [-0.1, -0.05) is 18.2 Å². The van der Waals surface area contributed by atoms with Gasteiger partial charge in [-0.2, -0.15) is 0 Å². The van der Waals surface area contributed by atoms with E-state index in [-0.39, 0.29) is 0 Å². The summed E-state index contributed by atoms with van der Waals surface area (Å²) in [7, 11) is 0. The lowest BCUT2D eigenvalue weighted by atomic mass is 10.1. The molecule has 23 heavy (non-hydrogen) atoms. The number of thiophene rings is 1. The van der Waals surface area contributed by atoms with Crippen molar-refractivity contribution < 1.29 is 19.1 Å². The first-order valence-corrected chi connectivity index (χ1v) is 7.84. The van der Waals surface area contributed by atoms with Crippen molar-refractivity contribution in [2.24, 2.45) is 0 Å². The Kier molecular flexibility index (Phi) is 5.00. The fourth-order valence-electron chi connectivity index (χ4n) is 1.82.